The monoisotopic (exact) mass is 324 g/mol. The zero-order chi connectivity index (χ0) is 17.3. The Labute approximate surface area is 141 Å². The average molecular weight is 324 g/mol. The Kier molecular flexibility index (Phi) is 4.28. The highest BCUT2D eigenvalue weighted by Gasteiger charge is 2.14. The molecule has 0 bridgehead atoms. The topological polar surface area (TPSA) is 62.2 Å². The summed E-state index contributed by atoms with van der Waals surface area (Å²) in [6, 6.07) is 12.2. The van der Waals surface area contributed by atoms with Gasteiger partial charge in [0.1, 0.15) is 0 Å². The molecule has 5 heteroatoms. The van der Waals surface area contributed by atoms with Gasteiger partial charge in [-0.15, -0.1) is 0 Å². The molecule has 1 aromatic carbocycles. The van der Waals surface area contributed by atoms with Gasteiger partial charge >= 0.3 is 0 Å². The van der Waals surface area contributed by atoms with Crippen molar-refractivity contribution in [3.05, 3.63) is 69.8 Å². The molecule has 0 aliphatic heterocycles. The lowest BCUT2D eigenvalue weighted by molar-refractivity contribution is 0.563. The summed E-state index contributed by atoms with van der Waals surface area (Å²) >= 11 is 0. The summed E-state index contributed by atoms with van der Waals surface area (Å²) < 4.78 is 1.43. The van der Waals surface area contributed by atoms with Crippen LogP contribution >= 0.6 is 0 Å². The molecule has 0 fully saturated rings. The van der Waals surface area contributed by atoms with Crippen molar-refractivity contribution in [2.45, 2.75) is 45.7 Å². The Morgan fingerprint density at radius 3 is 2.58 bits per heavy atom. The van der Waals surface area contributed by atoms with E-state index in [2.05, 4.69) is 67.4 Å². The van der Waals surface area contributed by atoms with E-state index in [1.165, 1.54) is 15.6 Å². The summed E-state index contributed by atoms with van der Waals surface area (Å²) in [5.41, 5.74) is 4.00. The van der Waals surface area contributed by atoms with E-state index in [0.29, 0.717) is 12.2 Å². The average Bonchev–Trinajstić information content (AvgIpc) is 3.01. The molecular formula is C19H24N4O. The highest BCUT2D eigenvalue weighted by atomic mass is 16.1. The number of rotatable bonds is 4. The van der Waals surface area contributed by atoms with Gasteiger partial charge in [-0.1, -0.05) is 45.0 Å². The van der Waals surface area contributed by atoms with Crippen LogP contribution in [0.3, 0.4) is 0 Å². The molecule has 3 rings (SSSR count). The fourth-order valence-corrected chi connectivity index (χ4v) is 2.72. The molecule has 2 aromatic heterocycles. The van der Waals surface area contributed by atoms with E-state index in [1.807, 2.05) is 0 Å². The largest absolute Gasteiger partial charge is 0.305 e. The van der Waals surface area contributed by atoms with Gasteiger partial charge in [0.25, 0.3) is 5.56 Å². The highest BCUT2D eigenvalue weighted by Crippen LogP contribution is 2.23. The summed E-state index contributed by atoms with van der Waals surface area (Å²) in [5.74, 6) is 0. The van der Waals surface area contributed by atoms with Crippen molar-refractivity contribution >= 4 is 5.65 Å². The summed E-state index contributed by atoms with van der Waals surface area (Å²) in [4.78, 5) is 16.4. The van der Waals surface area contributed by atoms with Crippen LogP contribution in [-0.4, -0.2) is 14.6 Å². The first-order chi connectivity index (χ1) is 11.3. The molecule has 0 unspecified atom stereocenters. The second kappa shape index (κ2) is 6.24. The molecule has 0 spiro atoms. The van der Waals surface area contributed by atoms with E-state index in [-0.39, 0.29) is 17.0 Å². The first-order valence-electron chi connectivity index (χ1n) is 8.24. The summed E-state index contributed by atoms with van der Waals surface area (Å²) in [6.45, 7) is 9.31. The minimum absolute atomic E-state index is 0.0935. The number of fused-ring (bicyclic) bond motifs is 1. The van der Waals surface area contributed by atoms with Crippen molar-refractivity contribution in [1.29, 1.82) is 0 Å². The zero-order valence-electron chi connectivity index (χ0n) is 14.6. The molecular weight excluding hydrogens is 300 g/mol. The second-order valence-corrected chi connectivity index (χ2v) is 7.22. The molecule has 24 heavy (non-hydrogen) atoms. The van der Waals surface area contributed by atoms with E-state index < -0.39 is 0 Å². The fourth-order valence-electron chi connectivity index (χ4n) is 2.72. The van der Waals surface area contributed by atoms with Gasteiger partial charge in [-0.25, -0.2) is 9.50 Å². The van der Waals surface area contributed by atoms with Gasteiger partial charge in [-0.2, -0.15) is 0 Å². The van der Waals surface area contributed by atoms with E-state index >= 15 is 0 Å². The molecule has 0 aliphatic carbocycles. The standard InChI is InChI=1S/C19H24N4O/c1-13(14-5-7-15(8-6-14)19(2,3)4)20-12-16-11-18(24)23-17(22-16)9-10-21-23/h5-11,13,20-21H,12H2,1-4H3/t13-/m1/s1. The van der Waals surface area contributed by atoms with Crippen LogP contribution in [0.1, 0.15) is 50.6 Å². The molecule has 0 saturated carbocycles. The van der Waals surface area contributed by atoms with Crippen molar-refractivity contribution in [3.63, 3.8) is 0 Å². The van der Waals surface area contributed by atoms with Crippen molar-refractivity contribution in [2.75, 3.05) is 0 Å². The lowest BCUT2D eigenvalue weighted by atomic mass is 9.86. The summed E-state index contributed by atoms with van der Waals surface area (Å²) in [5, 5.41) is 6.28. The van der Waals surface area contributed by atoms with E-state index in [4.69, 9.17) is 0 Å². The lowest BCUT2D eigenvalue weighted by Crippen LogP contribution is -2.22. The van der Waals surface area contributed by atoms with Crippen molar-refractivity contribution in [2.24, 2.45) is 0 Å². The quantitative estimate of drug-likeness (QED) is 0.775. The molecule has 0 saturated heterocycles. The Morgan fingerprint density at radius 2 is 1.92 bits per heavy atom. The third-order valence-electron chi connectivity index (χ3n) is 4.30. The summed E-state index contributed by atoms with van der Waals surface area (Å²) in [6.07, 6.45) is 1.71. The number of hydrogen-bond acceptors (Lipinski definition) is 3. The molecule has 1 atom stereocenters. The Bertz CT molecular complexity index is 884. The molecule has 0 radical (unpaired) electrons. The molecule has 5 nitrogen and oxygen atoms in total. The van der Waals surface area contributed by atoms with E-state index in [0.717, 1.165) is 5.69 Å². The third kappa shape index (κ3) is 3.41. The third-order valence-corrected chi connectivity index (χ3v) is 4.30. The number of benzene rings is 1. The molecule has 2 heterocycles. The zero-order valence-corrected chi connectivity index (χ0v) is 14.6. The van der Waals surface area contributed by atoms with Gasteiger partial charge in [-0.3, -0.25) is 9.89 Å². The number of H-pyrrole nitrogens is 1. The molecule has 0 aliphatic rings. The van der Waals surface area contributed by atoms with Crippen LogP contribution in [0.5, 0.6) is 0 Å². The van der Waals surface area contributed by atoms with E-state index in [1.54, 1.807) is 18.3 Å². The number of aromatic nitrogens is 3. The van der Waals surface area contributed by atoms with Crippen LogP contribution in [0.2, 0.25) is 0 Å². The lowest BCUT2D eigenvalue weighted by Gasteiger charge is -2.20. The van der Waals surface area contributed by atoms with Gasteiger partial charge in [0.2, 0.25) is 0 Å². The number of aromatic amines is 1. The highest BCUT2D eigenvalue weighted by molar-refractivity contribution is 5.36. The van der Waals surface area contributed by atoms with Crippen LogP contribution in [0.15, 0.2) is 47.4 Å². The van der Waals surface area contributed by atoms with E-state index in [9.17, 15) is 4.79 Å². The first kappa shape index (κ1) is 16.5. The second-order valence-electron chi connectivity index (χ2n) is 7.22. The first-order valence-corrected chi connectivity index (χ1v) is 8.24. The van der Waals surface area contributed by atoms with Gasteiger partial charge in [-0.05, 0) is 23.5 Å². The maximum absolute atomic E-state index is 12.0. The molecule has 0 amide bonds. The maximum atomic E-state index is 12.0. The predicted octanol–water partition coefficient (Wildman–Crippen LogP) is 3.17. The Balaban J connectivity index is 1.70. The fraction of sp³-hybridized carbons (Fsp3) is 0.368. The van der Waals surface area contributed by atoms with Gasteiger partial charge < -0.3 is 5.32 Å². The minimum Gasteiger partial charge on any atom is -0.305 e. The SMILES string of the molecule is C[C@@H](NCc1cc(=O)n2[nH]ccc2n1)c1ccc(C(C)(C)C)cc1. The van der Waals surface area contributed by atoms with Crippen molar-refractivity contribution < 1.29 is 0 Å². The normalized spacial score (nSPS) is 13.3. The van der Waals surface area contributed by atoms with Crippen LogP contribution in [0.4, 0.5) is 0 Å². The molecule has 126 valence electrons. The van der Waals surface area contributed by atoms with Gasteiger partial charge in [0.05, 0.1) is 5.69 Å². The van der Waals surface area contributed by atoms with Crippen LogP contribution in [-0.2, 0) is 12.0 Å². The minimum atomic E-state index is -0.0935. The van der Waals surface area contributed by atoms with Crippen LogP contribution in [0.25, 0.3) is 5.65 Å². The van der Waals surface area contributed by atoms with Crippen LogP contribution < -0.4 is 10.9 Å². The molecule has 2 N–H and O–H groups in total. The van der Waals surface area contributed by atoms with Crippen molar-refractivity contribution in [1.82, 2.24) is 19.9 Å². The maximum Gasteiger partial charge on any atom is 0.272 e. The number of nitrogens with one attached hydrogen (secondary N) is 2. The number of hydrogen-bond donors (Lipinski definition) is 2. The number of nitrogens with zero attached hydrogens (tertiary/aromatic N) is 2. The smallest absolute Gasteiger partial charge is 0.272 e. The van der Waals surface area contributed by atoms with Gasteiger partial charge in [0, 0.05) is 30.9 Å². The van der Waals surface area contributed by atoms with Gasteiger partial charge in [0.15, 0.2) is 5.65 Å². The Hall–Kier alpha value is -2.40. The molecule has 3 aromatic rings. The Morgan fingerprint density at radius 1 is 1.21 bits per heavy atom. The van der Waals surface area contributed by atoms with Crippen LogP contribution in [0, 0.1) is 0 Å². The van der Waals surface area contributed by atoms with Crippen molar-refractivity contribution in [3.8, 4) is 0 Å². The predicted molar refractivity (Wildman–Crippen MR) is 96.2 cm³/mol. The summed E-state index contributed by atoms with van der Waals surface area (Å²) in [7, 11) is 0.